The van der Waals surface area contributed by atoms with Gasteiger partial charge in [0.2, 0.25) is 0 Å². The number of aliphatic carboxylic acids is 1. The summed E-state index contributed by atoms with van der Waals surface area (Å²) < 4.78 is 46.2. The van der Waals surface area contributed by atoms with Gasteiger partial charge in [-0.25, -0.2) is 8.42 Å². The summed E-state index contributed by atoms with van der Waals surface area (Å²) in [5, 5.41) is 9.10. The molecule has 0 saturated carbocycles. The van der Waals surface area contributed by atoms with Gasteiger partial charge in [-0.2, -0.15) is 0 Å². The standard InChI is InChI=1S/C29H30O8S/c1-38(32,33)12-2-10-34-22-4-6-24-20(14-22)9-11-35-27-8-3-19(13-26(24)27)17-36-23-5-7-25-21(15-29(30)31)18-37-28(25)16-23/h3-8,13-14,16,21H,2,9-12,15,17-18H2,1H3,(H,30,31). The minimum Gasteiger partial charge on any atom is -0.494 e. The first-order valence-electron chi connectivity index (χ1n) is 12.6. The van der Waals surface area contributed by atoms with Crippen LogP contribution in [0.4, 0.5) is 0 Å². The van der Waals surface area contributed by atoms with Crippen LogP contribution in [0.3, 0.4) is 0 Å². The molecule has 200 valence electrons. The van der Waals surface area contributed by atoms with E-state index in [1.807, 2.05) is 48.5 Å². The van der Waals surface area contributed by atoms with E-state index in [2.05, 4.69) is 6.07 Å². The molecule has 3 aromatic rings. The predicted molar refractivity (Wildman–Crippen MR) is 142 cm³/mol. The SMILES string of the molecule is CS(=O)(=O)CCCOc1ccc2c(c1)CCOc1ccc(COc3ccc4c(c3)OCC4CC(=O)O)cc1-2. The van der Waals surface area contributed by atoms with Crippen LogP contribution in [0, 0.1) is 0 Å². The molecule has 0 aromatic heterocycles. The average molecular weight is 539 g/mol. The Labute approximate surface area is 222 Å². The van der Waals surface area contributed by atoms with Crippen molar-refractivity contribution in [1.82, 2.24) is 0 Å². The third-order valence-corrected chi connectivity index (χ3v) is 7.69. The predicted octanol–water partition coefficient (Wildman–Crippen LogP) is 4.63. The molecule has 2 aliphatic rings. The van der Waals surface area contributed by atoms with E-state index in [0.29, 0.717) is 50.1 Å². The number of hydrogen-bond acceptors (Lipinski definition) is 7. The van der Waals surface area contributed by atoms with Gasteiger partial charge in [0.25, 0.3) is 0 Å². The lowest BCUT2D eigenvalue weighted by Crippen LogP contribution is -2.08. The van der Waals surface area contributed by atoms with E-state index in [0.717, 1.165) is 40.0 Å². The maximum atomic E-state index is 11.3. The van der Waals surface area contributed by atoms with Gasteiger partial charge in [0.05, 0.1) is 32.0 Å². The number of ether oxygens (including phenoxy) is 4. The molecule has 9 heteroatoms. The number of benzene rings is 3. The molecule has 0 saturated heterocycles. The fraction of sp³-hybridized carbons (Fsp3) is 0.345. The second kappa shape index (κ2) is 10.9. The van der Waals surface area contributed by atoms with Crippen LogP contribution in [-0.4, -0.2) is 51.3 Å². The lowest BCUT2D eigenvalue weighted by molar-refractivity contribution is -0.137. The van der Waals surface area contributed by atoms with E-state index in [4.69, 9.17) is 24.1 Å². The number of rotatable bonds is 10. The number of carbonyl (C=O) groups is 1. The van der Waals surface area contributed by atoms with Crippen LogP contribution in [0.5, 0.6) is 23.0 Å². The molecular formula is C29H30O8S. The van der Waals surface area contributed by atoms with Gasteiger partial charge in [0.15, 0.2) is 0 Å². The Hall–Kier alpha value is -3.72. The molecule has 0 spiro atoms. The highest BCUT2D eigenvalue weighted by Crippen LogP contribution is 2.40. The van der Waals surface area contributed by atoms with Crippen LogP contribution in [-0.2, 0) is 27.7 Å². The van der Waals surface area contributed by atoms with Gasteiger partial charge in [0.1, 0.15) is 39.4 Å². The summed E-state index contributed by atoms with van der Waals surface area (Å²) in [6.07, 6.45) is 2.45. The first-order chi connectivity index (χ1) is 18.2. The monoisotopic (exact) mass is 538 g/mol. The number of carboxylic acids is 1. The van der Waals surface area contributed by atoms with Gasteiger partial charge in [0, 0.05) is 35.8 Å². The van der Waals surface area contributed by atoms with E-state index in [9.17, 15) is 13.2 Å². The molecule has 1 unspecified atom stereocenters. The Bertz CT molecular complexity index is 1450. The van der Waals surface area contributed by atoms with Crippen molar-refractivity contribution in [3.8, 4) is 34.1 Å². The van der Waals surface area contributed by atoms with Crippen molar-refractivity contribution in [1.29, 1.82) is 0 Å². The summed E-state index contributed by atoms with van der Waals surface area (Å²) in [6, 6.07) is 17.5. The number of sulfone groups is 1. The van der Waals surface area contributed by atoms with Crippen molar-refractivity contribution in [2.75, 3.05) is 31.8 Å². The van der Waals surface area contributed by atoms with E-state index in [1.165, 1.54) is 6.26 Å². The second-order valence-corrected chi connectivity index (χ2v) is 11.9. The van der Waals surface area contributed by atoms with Crippen LogP contribution in [0.25, 0.3) is 11.1 Å². The number of hydrogen-bond donors (Lipinski definition) is 1. The molecule has 0 radical (unpaired) electrons. The van der Waals surface area contributed by atoms with E-state index in [1.54, 1.807) is 0 Å². The van der Waals surface area contributed by atoms with Crippen molar-refractivity contribution in [3.63, 3.8) is 0 Å². The topological polar surface area (TPSA) is 108 Å². The fourth-order valence-electron chi connectivity index (χ4n) is 4.81. The van der Waals surface area contributed by atoms with Crippen LogP contribution in [0.15, 0.2) is 54.6 Å². The lowest BCUT2D eigenvalue weighted by atomic mass is 9.96. The van der Waals surface area contributed by atoms with Crippen LogP contribution < -0.4 is 18.9 Å². The molecule has 0 fully saturated rings. The van der Waals surface area contributed by atoms with Crippen molar-refractivity contribution in [2.24, 2.45) is 0 Å². The minimum absolute atomic E-state index is 0.0443. The molecular weight excluding hydrogens is 508 g/mol. The largest absolute Gasteiger partial charge is 0.494 e. The van der Waals surface area contributed by atoms with E-state index >= 15 is 0 Å². The summed E-state index contributed by atoms with van der Waals surface area (Å²) >= 11 is 0. The molecule has 2 heterocycles. The normalized spacial score (nSPS) is 15.8. The molecule has 38 heavy (non-hydrogen) atoms. The zero-order valence-corrected chi connectivity index (χ0v) is 22.0. The van der Waals surface area contributed by atoms with Crippen LogP contribution in [0.1, 0.15) is 35.4 Å². The lowest BCUT2D eigenvalue weighted by Gasteiger charge is -2.14. The van der Waals surface area contributed by atoms with Gasteiger partial charge in [-0.05, 0) is 53.4 Å². The summed E-state index contributed by atoms with van der Waals surface area (Å²) in [4.78, 5) is 11.1. The van der Waals surface area contributed by atoms with E-state index in [-0.39, 0.29) is 18.1 Å². The molecule has 1 atom stereocenters. The number of fused-ring (bicyclic) bond motifs is 4. The molecule has 0 aliphatic carbocycles. The molecule has 5 rings (SSSR count). The summed E-state index contributed by atoms with van der Waals surface area (Å²) in [6.45, 7) is 1.60. The Balaban J connectivity index is 1.27. The maximum absolute atomic E-state index is 11.3. The van der Waals surface area contributed by atoms with E-state index < -0.39 is 15.8 Å². The zero-order valence-electron chi connectivity index (χ0n) is 21.1. The highest BCUT2D eigenvalue weighted by molar-refractivity contribution is 7.90. The molecule has 1 N–H and O–H groups in total. The highest BCUT2D eigenvalue weighted by atomic mass is 32.2. The quantitative estimate of drug-likeness (QED) is 0.372. The molecule has 0 amide bonds. The van der Waals surface area contributed by atoms with Gasteiger partial charge >= 0.3 is 5.97 Å². The van der Waals surface area contributed by atoms with Crippen molar-refractivity contribution >= 4 is 15.8 Å². The first kappa shape index (κ1) is 25.9. The fourth-order valence-corrected chi connectivity index (χ4v) is 5.45. The summed E-state index contributed by atoms with van der Waals surface area (Å²) in [5.74, 6) is 1.98. The Morgan fingerprint density at radius 1 is 0.974 bits per heavy atom. The Morgan fingerprint density at radius 2 is 1.79 bits per heavy atom. The Morgan fingerprint density at radius 3 is 2.61 bits per heavy atom. The Kier molecular flexibility index (Phi) is 7.46. The maximum Gasteiger partial charge on any atom is 0.304 e. The van der Waals surface area contributed by atoms with Crippen molar-refractivity contribution in [3.05, 3.63) is 71.3 Å². The second-order valence-electron chi connectivity index (χ2n) is 9.67. The number of carboxylic acid groups (broad SMARTS) is 1. The van der Waals surface area contributed by atoms with Gasteiger partial charge in [-0.15, -0.1) is 0 Å². The highest BCUT2D eigenvalue weighted by Gasteiger charge is 2.26. The van der Waals surface area contributed by atoms with Crippen LogP contribution >= 0.6 is 0 Å². The van der Waals surface area contributed by atoms with Crippen LogP contribution in [0.2, 0.25) is 0 Å². The van der Waals surface area contributed by atoms with Gasteiger partial charge in [-0.3, -0.25) is 4.79 Å². The van der Waals surface area contributed by atoms with Crippen molar-refractivity contribution < 1.29 is 37.3 Å². The minimum atomic E-state index is -3.00. The zero-order chi connectivity index (χ0) is 26.7. The van der Waals surface area contributed by atoms with Crippen molar-refractivity contribution in [2.45, 2.75) is 31.8 Å². The first-order valence-corrected chi connectivity index (χ1v) is 14.6. The van der Waals surface area contributed by atoms with Gasteiger partial charge in [-0.1, -0.05) is 18.2 Å². The third kappa shape index (κ3) is 6.22. The smallest absolute Gasteiger partial charge is 0.304 e. The van der Waals surface area contributed by atoms with Gasteiger partial charge < -0.3 is 24.1 Å². The third-order valence-electron chi connectivity index (χ3n) is 6.66. The molecule has 8 nitrogen and oxygen atoms in total. The average Bonchev–Trinajstić information content (AvgIpc) is 3.17. The molecule has 2 aliphatic heterocycles. The summed E-state index contributed by atoms with van der Waals surface area (Å²) in [7, 11) is -3.00. The molecule has 3 aromatic carbocycles. The summed E-state index contributed by atoms with van der Waals surface area (Å²) in [5.41, 5.74) is 5.03. The molecule has 0 bridgehead atoms.